The molecule has 0 amide bonds. The van der Waals surface area contributed by atoms with Crippen molar-refractivity contribution in [2.75, 3.05) is 39.8 Å². The summed E-state index contributed by atoms with van der Waals surface area (Å²) in [4.78, 5) is 6.71. The number of aliphatic hydroxyl groups is 1. The van der Waals surface area contributed by atoms with Gasteiger partial charge in [0.2, 0.25) is 0 Å². The Morgan fingerprint density at radius 2 is 1.88 bits per heavy atom. The SMILES string of the molecule is CCNC(=NCC(O)c1ccc(OC(C)C)cc1)NCCN(C)CC. The monoisotopic (exact) mass is 350 g/mol. The van der Waals surface area contributed by atoms with Crippen molar-refractivity contribution in [2.24, 2.45) is 4.99 Å². The molecule has 25 heavy (non-hydrogen) atoms. The number of likely N-dealkylation sites (N-methyl/N-ethyl adjacent to an activating group) is 1. The molecule has 3 N–H and O–H groups in total. The average Bonchev–Trinajstić information content (AvgIpc) is 2.59. The third-order valence-electron chi connectivity index (χ3n) is 3.73. The first-order valence-electron chi connectivity index (χ1n) is 9.11. The summed E-state index contributed by atoms with van der Waals surface area (Å²) in [6.45, 7) is 12.0. The van der Waals surface area contributed by atoms with Gasteiger partial charge in [-0.25, -0.2) is 0 Å². The van der Waals surface area contributed by atoms with E-state index in [1.54, 1.807) is 0 Å². The summed E-state index contributed by atoms with van der Waals surface area (Å²) in [6, 6.07) is 7.53. The molecule has 0 aliphatic rings. The topological polar surface area (TPSA) is 69.1 Å². The fourth-order valence-corrected chi connectivity index (χ4v) is 2.19. The Kier molecular flexibility index (Phi) is 9.96. The third-order valence-corrected chi connectivity index (χ3v) is 3.73. The first kappa shape index (κ1) is 21.3. The predicted molar refractivity (Wildman–Crippen MR) is 104 cm³/mol. The van der Waals surface area contributed by atoms with Gasteiger partial charge >= 0.3 is 0 Å². The number of nitrogens with zero attached hydrogens (tertiary/aromatic N) is 2. The van der Waals surface area contributed by atoms with Crippen LogP contribution in [0.3, 0.4) is 0 Å². The van der Waals surface area contributed by atoms with Gasteiger partial charge < -0.3 is 25.4 Å². The van der Waals surface area contributed by atoms with E-state index in [9.17, 15) is 5.11 Å². The van der Waals surface area contributed by atoms with Crippen LogP contribution in [0.2, 0.25) is 0 Å². The molecule has 6 nitrogen and oxygen atoms in total. The van der Waals surface area contributed by atoms with Crippen molar-refractivity contribution >= 4 is 5.96 Å². The van der Waals surface area contributed by atoms with E-state index >= 15 is 0 Å². The normalized spacial score (nSPS) is 13.2. The Balaban J connectivity index is 2.56. The fourth-order valence-electron chi connectivity index (χ4n) is 2.19. The van der Waals surface area contributed by atoms with Crippen molar-refractivity contribution in [3.05, 3.63) is 29.8 Å². The number of aliphatic hydroxyl groups excluding tert-OH is 1. The molecule has 0 spiro atoms. The van der Waals surface area contributed by atoms with Gasteiger partial charge in [0.1, 0.15) is 5.75 Å². The van der Waals surface area contributed by atoms with Gasteiger partial charge in [-0.05, 0) is 52.1 Å². The lowest BCUT2D eigenvalue weighted by atomic mass is 10.1. The minimum absolute atomic E-state index is 0.140. The number of ether oxygens (including phenoxy) is 1. The molecule has 0 heterocycles. The highest BCUT2D eigenvalue weighted by atomic mass is 16.5. The minimum Gasteiger partial charge on any atom is -0.491 e. The molecule has 0 aromatic heterocycles. The van der Waals surface area contributed by atoms with E-state index in [2.05, 4.69) is 34.5 Å². The molecule has 6 heteroatoms. The summed E-state index contributed by atoms with van der Waals surface area (Å²) in [5.74, 6) is 1.54. The van der Waals surface area contributed by atoms with Gasteiger partial charge in [0, 0.05) is 19.6 Å². The van der Waals surface area contributed by atoms with Crippen LogP contribution < -0.4 is 15.4 Å². The quantitative estimate of drug-likeness (QED) is 0.445. The van der Waals surface area contributed by atoms with Crippen molar-refractivity contribution < 1.29 is 9.84 Å². The molecule has 1 atom stereocenters. The number of nitrogens with one attached hydrogen (secondary N) is 2. The molecule has 0 radical (unpaired) electrons. The van der Waals surface area contributed by atoms with Gasteiger partial charge in [-0.15, -0.1) is 0 Å². The molecular weight excluding hydrogens is 316 g/mol. The summed E-state index contributed by atoms with van der Waals surface area (Å²) in [5, 5.41) is 16.8. The molecule has 142 valence electrons. The molecule has 1 rings (SSSR count). The number of rotatable bonds is 10. The zero-order valence-electron chi connectivity index (χ0n) is 16.2. The summed E-state index contributed by atoms with van der Waals surface area (Å²) in [5.41, 5.74) is 0.835. The zero-order chi connectivity index (χ0) is 18.7. The Morgan fingerprint density at radius 3 is 2.44 bits per heavy atom. The van der Waals surface area contributed by atoms with E-state index < -0.39 is 6.10 Å². The maximum atomic E-state index is 10.4. The highest BCUT2D eigenvalue weighted by Gasteiger charge is 2.08. The van der Waals surface area contributed by atoms with Gasteiger partial charge in [0.25, 0.3) is 0 Å². The van der Waals surface area contributed by atoms with Crippen LogP contribution in [-0.2, 0) is 0 Å². The lowest BCUT2D eigenvalue weighted by Crippen LogP contribution is -2.41. The summed E-state index contributed by atoms with van der Waals surface area (Å²) < 4.78 is 5.62. The molecule has 1 unspecified atom stereocenters. The molecule has 0 bridgehead atoms. The van der Waals surface area contributed by atoms with E-state index in [4.69, 9.17) is 4.74 Å². The molecule has 0 aliphatic heterocycles. The van der Waals surface area contributed by atoms with Gasteiger partial charge in [0.05, 0.1) is 18.8 Å². The van der Waals surface area contributed by atoms with Gasteiger partial charge in [-0.3, -0.25) is 4.99 Å². The highest BCUT2D eigenvalue weighted by Crippen LogP contribution is 2.19. The van der Waals surface area contributed by atoms with Crippen molar-refractivity contribution in [3.8, 4) is 5.75 Å². The Hall–Kier alpha value is -1.79. The maximum Gasteiger partial charge on any atom is 0.191 e. The first-order valence-corrected chi connectivity index (χ1v) is 9.11. The summed E-state index contributed by atoms with van der Waals surface area (Å²) in [6.07, 6.45) is -0.497. The van der Waals surface area contributed by atoms with Crippen molar-refractivity contribution in [1.82, 2.24) is 15.5 Å². The molecule has 0 saturated carbocycles. The Bertz CT molecular complexity index is 503. The number of hydrogen-bond donors (Lipinski definition) is 3. The van der Waals surface area contributed by atoms with E-state index in [0.717, 1.165) is 43.5 Å². The van der Waals surface area contributed by atoms with Gasteiger partial charge in [0.15, 0.2) is 5.96 Å². The average molecular weight is 351 g/mol. The second-order valence-electron chi connectivity index (χ2n) is 6.29. The summed E-state index contributed by atoms with van der Waals surface area (Å²) in [7, 11) is 2.09. The second kappa shape index (κ2) is 11.7. The van der Waals surface area contributed by atoms with Crippen molar-refractivity contribution in [3.63, 3.8) is 0 Å². The van der Waals surface area contributed by atoms with Crippen LogP contribution >= 0.6 is 0 Å². The van der Waals surface area contributed by atoms with Gasteiger partial charge in [-0.1, -0.05) is 19.1 Å². The number of benzene rings is 1. The third kappa shape index (κ3) is 8.74. The standard InChI is InChI=1S/C19H34N4O2/c1-6-20-19(21-12-13-23(5)7-2)22-14-18(24)16-8-10-17(11-9-16)25-15(3)4/h8-11,15,18,24H,6-7,12-14H2,1-5H3,(H2,20,21,22). The molecule has 0 aliphatic carbocycles. The highest BCUT2D eigenvalue weighted by molar-refractivity contribution is 5.79. The number of guanidine groups is 1. The minimum atomic E-state index is -0.637. The van der Waals surface area contributed by atoms with Crippen LogP contribution in [0.4, 0.5) is 0 Å². The lowest BCUT2D eigenvalue weighted by molar-refractivity contribution is 0.186. The molecule has 1 aromatic carbocycles. The Labute approximate surface area is 152 Å². The summed E-state index contributed by atoms with van der Waals surface area (Å²) >= 11 is 0. The van der Waals surface area contributed by atoms with E-state index in [1.165, 1.54) is 0 Å². The van der Waals surface area contributed by atoms with Crippen LogP contribution in [0.25, 0.3) is 0 Å². The van der Waals surface area contributed by atoms with Crippen molar-refractivity contribution in [1.29, 1.82) is 0 Å². The number of hydrogen-bond acceptors (Lipinski definition) is 4. The van der Waals surface area contributed by atoms with Crippen LogP contribution in [0.5, 0.6) is 5.75 Å². The first-order chi connectivity index (χ1) is 12.0. The molecule has 1 aromatic rings. The van der Waals surface area contributed by atoms with E-state index in [-0.39, 0.29) is 6.10 Å². The lowest BCUT2D eigenvalue weighted by Gasteiger charge is -2.17. The van der Waals surface area contributed by atoms with Crippen LogP contribution in [0, 0.1) is 0 Å². The number of aliphatic imine (C=N–C) groups is 1. The largest absolute Gasteiger partial charge is 0.491 e. The smallest absolute Gasteiger partial charge is 0.191 e. The maximum absolute atomic E-state index is 10.4. The van der Waals surface area contributed by atoms with Crippen LogP contribution in [0.15, 0.2) is 29.3 Å². The Morgan fingerprint density at radius 1 is 1.20 bits per heavy atom. The molecular formula is C19H34N4O2. The molecule has 0 saturated heterocycles. The van der Waals surface area contributed by atoms with E-state index in [0.29, 0.717) is 6.54 Å². The van der Waals surface area contributed by atoms with Gasteiger partial charge in [-0.2, -0.15) is 0 Å². The van der Waals surface area contributed by atoms with Crippen molar-refractivity contribution in [2.45, 2.75) is 39.9 Å². The predicted octanol–water partition coefficient (Wildman–Crippen LogP) is 2.01. The van der Waals surface area contributed by atoms with Crippen LogP contribution in [0.1, 0.15) is 39.4 Å². The zero-order valence-corrected chi connectivity index (χ0v) is 16.2. The van der Waals surface area contributed by atoms with E-state index in [1.807, 2.05) is 45.0 Å². The molecule has 0 fully saturated rings. The van der Waals surface area contributed by atoms with Crippen LogP contribution in [-0.4, -0.2) is 61.8 Å². The fraction of sp³-hybridized carbons (Fsp3) is 0.632. The second-order valence-corrected chi connectivity index (χ2v) is 6.29.